The van der Waals surface area contributed by atoms with Gasteiger partial charge in [-0.05, 0) is 48.9 Å². The lowest BCUT2D eigenvalue weighted by molar-refractivity contribution is -0.124. The van der Waals surface area contributed by atoms with E-state index in [2.05, 4.69) is 0 Å². The predicted molar refractivity (Wildman–Crippen MR) is 79.0 cm³/mol. The van der Waals surface area contributed by atoms with E-state index in [9.17, 15) is 9.59 Å². The summed E-state index contributed by atoms with van der Waals surface area (Å²) in [6.07, 6.45) is 2.48. The molecule has 0 aliphatic carbocycles. The Morgan fingerprint density at radius 2 is 1.95 bits per heavy atom. The topological polar surface area (TPSA) is 37.4 Å². The molecular formula is C14H14ClNO2S. The third-order valence-corrected chi connectivity index (χ3v) is 4.16. The smallest absolute Gasteiger partial charge is 0.268 e. The maximum absolute atomic E-state index is 12.2. The van der Waals surface area contributed by atoms with Gasteiger partial charge in [-0.2, -0.15) is 0 Å². The summed E-state index contributed by atoms with van der Waals surface area (Å²) in [4.78, 5) is 25.8. The highest BCUT2D eigenvalue weighted by Gasteiger charge is 2.37. The summed E-state index contributed by atoms with van der Waals surface area (Å²) in [6.45, 7) is 3.83. The third-order valence-electron chi connectivity index (χ3n) is 3.02. The number of halogens is 1. The largest absolute Gasteiger partial charge is 0.293 e. The molecule has 1 unspecified atom stereocenters. The van der Waals surface area contributed by atoms with Gasteiger partial charge < -0.3 is 0 Å². The minimum absolute atomic E-state index is 0.0661. The number of nitrogens with zero attached hydrogens (tertiary/aromatic N) is 1. The van der Waals surface area contributed by atoms with Gasteiger partial charge in [0, 0.05) is 11.1 Å². The molecule has 0 N–H and O–H groups in total. The maximum atomic E-state index is 12.2. The minimum Gasteiger partial charge on any atom is -0.268 e. The first-order valence-corrected chi connectivity index (χ1v) is 7.25. The Hall–Kier alpha value is -1.26. The van der Waals surface area contributed by atoms with Gasteiger partial charge in [0.05, 0.1) is 4.91 Å². The molecule has 2 amide bonds. The van der Waals surface area contributed by atoms with Gasteiger partial charge in [-0.1, -0.05) is 30.7 Å². The molecule has 0 spiro atoms. The number of hydrogen-bond donors (Lipinski definition) is 0. The molecule has 1 atom stereocenters. The van der Waals surface area contributed by atoms with E-state index in [0.29, 0.717) is 9.93 Å². The van der Waals surface area contributed by atoms with Crippen molar-refractivity contribution in [1.82, 2.24) is 4.90 Å². The molecule has 1 fully saturated rings. The van der Waals surface area contributed by atoms with Crippen molar-refractivity contribution < 1.29 is 9.59 Å². The second-order valence-corrected chi connectivity index (χ2v) is 5.79. The third kappa shape index (κ3) is 3.01. The molecule has 1 aliphatic heterocycles. The van der Waals surface area contributed by atoms with Crippen LogP contribution in [0.15, 0.2) is 29.2 Å². The van der Waals surface area contributed by atoms with E-state index in [1.165, 1.54) is 4.90 Å². The molecule has 19 heavy (non-hydrogen) atoms. The van der Waals surface area contributed by atoms with Gasteiger partial charge in [0.25, 0.3) is 11.1 Å². The summed E-state index contributed by atoms with van der Waals surface area (Å²) in [5.41, 5.74) is 0.860. The highest BCUT2D eigenvalue weighted by atomic mass is 35.5. The molecule has 0 radical (unpaired) electrons. The minimum atomic E-state index is -0.209. The standard InChI is InChI=1S/C14H14ClNO2S/c1-3-9(2)16-13(17)12(19-14(16)18)8-10-4-6-11(15)7-5-10/h4-9H,3H2,1-2H3. The molecule has 1 saturated heterocycles. The van der Waals surface area contributed by atoms with E-state index >= 15 is 0 Å². The number of carbonyl (C=O) groups excluding carboxylic acids is 2. The average molecular weight is 296 g/mol. The summed E-state index contributed by atoms with van der Waals surface area (Å²) >= 11 is 6.80. The summed E-state index contributed by atoms with van der Waals surface area (Å²) in [5.74, 6) is -0.209. The molecule has 1 heterocycles. The number of hydrogen-bond acceptors (Lipinski definition) is 3. The Bertz CT molecular complexity index is 539. The van der Waals surface area contributed by atoms with Crippen molar-refractivity contribution in [3.8, 4) is 0 Å². The van der Waals surface area contributed by atoms with E-state index in [4.69, 9.17) is 11.6 Å². The first-order chi connectivity index (χ1) is 9.02. The molecule has 0 bridgehead atoms. The lowest BCUT2D eigenvalue weighted by atomic mass is 10.2. The average Bonchev–Trinajstić information content (AvgIpc) is 2.66. The Morgan fingerprint density at radius 1 is 1.32 bits per heavy atom. The molecule has 1 aliphatic rings. The SMILES string of the molecule is CCC(C)N1C(=O)SC(=Cc2ccc(Cl)cc2)C1=O. The van der Waals surface area contributed by atoms with Gasteiger partial charge in [0.15, 0.2) is 0 Å². The van der Waals surface area contributed by atoms with Gasteiger partial charge in [0.2, 0.25) is 0 Å². The van der Waals surface area contributed by atoms with Crippen molar-refractivity contribution >= 4 is 40.6 Å². The molecule has 0 aromatic heterocycles. The van der Waals surface area contributed by atoms with E-state index in [-0.39, 0.29) is 17.2 Å². The van der Waals surface area contributed by atoms with Crippen molar-refractivity contribution in [3.05, 3.63) is 39.8 Å². The van der Waals surface area contributed by atoms with Crippen LogP contribution in [0.2, 0.25) is 5.02 Å². The zero-order valence-corrected chi connectivity index (χ0v) is 12.3. The van der Waals surface area contributed by atoms with Gasteiger partial charge in [-0.25, -0.2) is 0 Å². The first kappa shape index (κ1) is 14.2. The Kier molecular flexibility index (Phi) is 4.32. The zero-order chi connectivity index (χ0) is 14.0. The van der Waals surface area contributed by atoms with Crippen molar-refractivity contribution in [2.45, 2.75) is 26.3 Å². The number of thioether (sulfide) groups is 1. The molecule has 0 saturated carbocycles. The van der Waals surface area contributed by atoms with Gasteiger partial charge >= 0.3 is 0 Å². The van der Waals surface area contributed by atoms with Crippen molar-refractivity contribution in [2.75, 3.05) is 0 Å². The summed E-state index contributed by atoms with van der Waals surface area (Å²) in [7, 11) is 0. The number of imide groups is 1. The van der Waals surface area contributed by atoms with Crippen LogP contribution in [0, 0.1) is 0 Å². The molecule has 100 valence electrons. The van der Waals surface area contributed by atoms with Crippen LogP contribution in [0.25, 0.3) is 6.08 Å². The fourth-order valence-corrected chi connectivity index (χ4v) is 2.81. The summed E-state index contributed by atoms with van der Waals surface area (Å²) in [6, 6.07) is 7.08. The van der Waals surface area contributed by atoms with Crippen LogP contribution < -0.4 is 0 Å². The van der Waals surface area contributed by atoms with Crippen LogP contribution in [0.1, 0.15) is 25.8 Å². The molecular weight excluding hydrogens is 282 g/mol. The highest BCUT2D eigenvalue weighted by molar-refractivity contribution is 8.18. The number of rotatable bonds is 3. The second-order valence-electron chi connectivity index (χ2n) is 4.36. The molecule has 5 heteroatoms. The van der Waals surface area contributed by atoms with E-state index in [1.54, 1.807) is 18.2 Å². The molecule has 1 aromatic rings. The van der Waals surface area contributed by atoms with Gasteiger partial charge in [0.1, 0.15) is 0 Å². The van der Waals surface area contributed by atoms with Crippen molar-refractivity contribution in [2.24, 2.45) is 0 Å². The van der Waals surface area contributed by atoms with Gasteiger partial charge in [-0.3, -0.25) is 14.5 Å². The van der Waals surface area contributed by atoms with Crippen LogP contribution in [-0.4, -0.2) is 22.1 Å². The quantitative estimate of drug-likeness (QED) is 0.785. The summed E-state index contributed by atoms with van der Waals surface area (Å²) in [5, 5.41) is 0.449. The molecule has 2 rings (SSSR count). The van der Waals surface area contributed by atoms with Crippen LogP contribution >= 0.6 is 23.4 Å². The lowest BCUT2D eigenvalue weighted by Gasteiger charge is -2.19. The van der Waals surface area contributed by atoms with Crippen LogP contribution in [0.5, 0.6) is 0 Å². The number of carbonyl (C=O) groups is 2. The Labute approximate surface area is 121 Å². The second kappa shape index (κ2) is 5.80. The van der Waals surface area contributed by atoms with Crippen LogP contribution in [-0.2, 0) is 4.79 Å². The molecule has 1 aromatic carbocycles. The van der Waals surface area contributed by atoms with E-state index in [1.807, 2.05) is 26.0 Å². The maximum Gasteiger partial charge on any atom is 0.293 e. The fourth-order valence-electron chi connectivity index (χ4n) is 1.75. The number of benzene rings is 1. The van der Waals surface area contributed by atoms with Crippen molar-refractivity contribution in [3.63, 3.8) is 0 Å². The van der Waals surface area contributed by atoms with Gasteiger partial charge in [-0.15, -0.1) is 0 Å². The van der Waals surface area contributed by atoms with E-state index < -0.39 is 0 Å². The van der Waals surface area contributed by atoms with Crippen LogP contribution in [0.4, 0.5) is 4.79 Å². The molecule has 3 nitrogen and oxygen atoms in total. The highest BCUT2D eigenvalue weighted by Crippen LogP contribution is 2.34. The lowest BCUT2D eigenvalue weighted by Crippen LogP contribution is -2.36. The van der Waals surface area contributed by atoms with E-state index in [0.717, 1.165) is 23.7 Å². The fraction of sp³-hybridized carbons (Fsp3) is 0.286. The van der Waals surface area contributed by atoms with Crippen molar-refractivity contribution in [1.29, 1.82) is 0 Å². The summed E-state index contributed by atoms with van der Waals surface area (Å²) < 4.78 is 0. The Balaban J connectivity index is 2.25. The monoisotopic (exact) mass is 295 g/mol. The first-order valence-electron chi connectivity index (χ1n) is 6.05. The normalized spacial score (nSPS) is 19.3. The zero-order valence-electron chi connectivity index (χ0n) is 10.7. The Morgan fingerprint density at radius 3 is 2.53 bits per heavy atom. The predicted octanol–water partition coefficient (Wildman–Crippen LogP) is 4.17. The number of amides is 2. The van der Waals surface area contributed by atoms with Crippen LogP contribution in [0.3, 0.4) is 0 Å².